The summed E-state index contributed by atoms with van der Waals surface area (Å²) in [7, 11) is 0. The van der Waals surface area contributed by atoms with Gasteiger partial charge in [0.2, 0.25) is 0 Å². The average molecular weight is 415 g/mol. The molecule has 20 heavy (non-hydrogen) atoms. The third kappa shape index (κ3) is 4.92. The van der Waals surface area contributed by atoms with E-state index < -0.39 is 0 Å². The van der Waals surface area contributed by atoms with Crippen molar-refractivity contribution in [3.05, 3.63) is 57.0 Å². The standard InChI is InChI=1S/C16H17Br2NS/c1-2-9-19-11-12-10-14(18)5-8-16(12)20-15-6-3-13(17)4-7-15/h3-8,10,19H,2,9,11H2,1H3. The van der Waals surface area contributed by atoms with Gasteiger partial charge in [-0.2, -0.15) is 0 Å². The molecule has 0 aromatic heterocycles. The predicted octanol–water partition coefficient (Wildman–Crippen LogP) is 5.86. The van der Waals surface area contributed by atoms with Gasteiger partial charge in [-0.25, -0.2) is 0 Å². The highest BCUT2D eigenvalue weighted by atomic mass is 79.9. The molecule has 2 rings (SSSR count). The van der Waals surface area contributed by atoms with E-state index >= 15 is 0 Å². The van der Waals surface area contributed by atoms with Crippen LogP contribution in [0, 0.1) is 0 Å². The fourth-order valence-corrected chi connectivity index (χ4v) is 3.41. The second-order valence-corrected chi connectivity index (χ2v) is 7.43. The van der Waals surface area contributed by atoms with Crippen molar-refractivity contribution in [3.8, 4) is 0 Å². The summed E-state index contributed by atoms with van der Waals surface area (Å²) in [6, 6.07) is 14.9. The maximum atomic E-state index is 3.56. The SMILES string of the molecule is CCCNCc1cc(Br)ccc1Sc1ccc(Br)cc1. The van der Waals surface area contributed by atoms with E-state index in [1.807, 2.05) is 11.8 Å². The summed E-state index contributed by atoms with van der Waals surface area (Å²) in [6.07, 6.45) is 1.16. The molecule has 0 aliphatic heterocycles. The second-order valence-electron chi connectivity index (χ2n) is 4.48. The normalized spacial score (nSPS) is 10.8. The Hall–Kier alpha value is -0.290. The number of nitrogens with one attached hydrogen (secondary N) is 1. The van der Waals surface area contributed by atoms with Gasteiger partial charge in [0.25, 0.3) is 0 Å². The Morgan fingerprint density at radius 2 is 1.70 bits per heavy atom. The fourth-order valence-electron chi connectivity index (χ4n) is 1.82. The van der Waals surface area contributed by atoms with Crippen LogP contribution in [0.3, 0.4) is 0 Å². The number of halogens is 2. The van der Waals surface area contributed by atoms with Crippen LogP contribution >= 0.6 is 43.6 Å². The molecule has 0 spiro atoms. The first-order valence-corrected chi connectivity index (χ1v) is 9.02. The summed E-state index contributed by atoms with van der Waals surface area (Å²) in [6.45, 7) is 4.15. The number of benzene rings is 2. The molecule has 0 fully saturated rings. The molecule has 106 valence electrons. The lowest BCUT2D eigenvalue weighted by atomic mass is 10.2. The van der Waals surface area contributed by atoms with Gasteiger partial charge in [0.1, 0.15) is 0 Å². The highest BCUT2D eigenvalue weighted by Gasteiger charge is 2.05. The summed E-state index contributed by atoms with van der Waals surface area (Å²) in [5.41, 5.74) is 1.33. The highest BCUT2D eigenvalue weighted by molar-refractivity contribution is 9.10. The van der Waals surface area contributed by atoms with E-state index in [-0.39, 0.29) is 0 Å². The zero-order valence-corrected chi connectivity index (χ0v) is 15.3. The van der Waals surface area contributed by atoms with E-state index in [2.05, 4.69) is 86.6 Å². The molecule has 2 aromatic carbocycles. The molecule has 0 saturated carbocycles. The van der Waals surface area contributed by atoms with Gasteiger partial charge in [0.15, 0.2) is 0 Å². The smallest absolute Gasteiger partial charge is 0.0217 e. The van der Waals surface area contributed by atoms with Gasteiger partial charge in [0.05, 0.1) is 0 Å². The van der Waals surface area contributed by atoms with Crippen molar-refractivity contribution in [2.24, 2.45) is 0 Å². The summed E-state index contributed by atoms with van der Waals surface area (Å²) in [4.78, 5) is 2.56. The first-order valence-electron chi connectivity index (χ1n) is 6.61. The molecule has 0 saturated heterocycles. The van der Waals surface area contributed by atoms with Gasteiger partial charge in [0, 0.05) is 25.3 Å². The first kappa shape index (κ1) is 16.1. The van der Waals surface area contributed by atoms with E-state index in [0.717, 1.165) is 28.5 Å². The molecule has 0 bridgehead atoms. The first-order chi connectivity index (χ1) is 9.69. The lowest BCUT2D eigenvalue weighted by Crippen LogP contribution is -2.14. The van der Waals surface area contributed by atoms with E-state index in [4.69, 9.17) is 0 Å². The molecule has 0 aliphatic rings. The molecule has 0 unspecified atom stereocenters. The van der Waals surface area contributed by atoms with Gasteiger partial charge < -0.3 is 5.32 Å². The Bertz CT molecular complexity index is 555. The average Bonchev–Trinajstić information content (AvgIpc) is 2.44. The van der Waals surface area contributed by atoms with Gasteiger partial charge >= 0.3 is 0 Å². The van der Waals surface area contributed by atoms with Crippen LogP contribution in [-0.4, -0.2) is 6.54 Å². The third-order valence-electron chi connectivity index (χ3n) is 2.81. The van der Waals surface area contributed by atoms with Crippen LogP contribution < -0.4 is 5.32 Å². The second kappa shape index (κ2) is 8.23. The van der Waals surface area contributed by atoms with Crippen LogP contribution in [-0.2, 0) is 6.54 Å². The molecular weight excluding hydrogens is 398 g/mol. The Morgan fingerprint density at radius 3 is 2.40 bits per heavy atom. The van der Waals surface area contributed by atoms with Crippen molar-refractivity contribution in [1.82, 2.24) is 5.32 Å². The van der Waals surface area contributed by atoms with Gasteiger partial charge in [-0.05, 0) is 61.0 Å². The van der Waals surface area contributed by atoms with Crippen LogP contribution in [0.15, 0.2) is 61.2 Å². The molecule has 0 amide bonds. The zero-order valence-electron chi connectivity index (χ0n) is 11.3. The molecular formula is C16H17Br2NS. The van der Waals surface area contributed by atoms with Gasteiger partial charge in [-0.1, -0.05) is 50.5 Å². The maximum Gasteiger partial charge on any atom is 0.0217 e. The summed E-state index contributed by atoms with van der Waals surface area (Å²) in [5, 5.41) is 3.47. The van der Waals surface area contributed by atoms with E-state index in [1.165, 1.54) is 15.4 Å². The predicted molar refractivity (Wildman–Crippen MR) is 94.4 cm³/mol. The topological polar surface area (TPSA) is 12.0 Å². The molecule has 0 aliphatic carbocycles. The molecule has 0 radical (unpaired) electrons. The fraction of sp³-hybridized carbons (Fsp3) is 0.250. The molecule has 2 aromatic rings. The largest absolute Gasteiger partial charge is 0.313 e. The Morgan fingerprint density at radius 1 is 1.00 bits per heavy atom. The lowest BCUT2D eigenvalue weighted by molar-refractivity contribution is 0.669. The minimum absolute atomic E-state index is 0.909. The van der Waals surface area contributed by atoms with Crippen LogP contribution in [0.5, 0.6) is 0 Å². The molecule has 0 atom stereocenters. The quantitative estimate of drug-likeness (QED) is 0.593. The van der Waals surface area contributed by atoms with Gasteiger partial charge in [-0.3, -0.25) is 0 Å². The van der Waals surface area contributed by atoms with Crippen molar-refractivity contribution < 1.29 is 0 Å². The zero-order chi connectivity index (χ0) is 14.4. The number of hydrogen-bond acceptors (Lipinski definition) is 2. The van der Waals surface area contributed by atoms with Crippen LogP contribution in [0.1, 0.15) is 18.9 Å². The third-order valence-corrected chi connectivity index (χ3v) is 4.95. The van der Waals surface area contributed by atoms with Crippen LogP contribution in [0.2, 0.25) is 0 Å². The Kier molecular flexibility index (Phi) is 6.62. The summed E-state index contributed by atoms with van der Waals surface area (Å²) < 4.78 is 2.24. The number of rotatable bonds is 6. The van der Waals surface area contributed by atoms with Crippen molar-refractivity contribution in [1.29, 1.82) is 0 Å². The van der Waals surface area contributed by atoms with E-state index in [1.54, 1.807) is 0 Å². The molecule has 1 N–H and O–H groups in total. The highest BCUT2D eigenvalue weighted by Crippen LogP contribution is 2.32. The summed E-state index contributed by atoms with van der Waals surface area (Å²) in [5.74, 6) is 0. The Balaban J connectivity index is 2.15. The molecule has 1 nitrogen and oxygen atoms in total. The minimum Gasteiger partial charge on any atom is -0.313 e. The monoisotopic (exact) mass is 413 g/mol. The lowest BCUT2D eigenvalue weighted by Gasteiger charge is -2.11. The van der Waals surface area contributed by atoms with Crippen molar-refractivity contribution in [3.63, 3.8) is 0 Å². The van der Waals surface area contributed by atoms with Gasteiger partial charge in [-0.15, -0.1) is 0 Å². The summed E-state index contributed by atoms with van der Waals surface area (Å²) >= 11 is 8.84. The van der Waals surface area contributed by atoms with Crippen LogP contribution in [0.25, 0.3) is 0 Å². The Labute approximate surface area is 141 Å². The van der Waals surface area contributed by atoms with Crippen LogP contribution in [0.4, 0.5) is 0 Å². The molecule has 4 heteroatoms. The number of hydrogen-bond donors (Lipinski definition) is 1. The van der Waals surface area contributed by atoms with E-state index in [0.29, 0.717) is 0 Å². The van der Waals surface area contributed by atoms with Crippen molar-refractivity contribution in [2.75, 3.05) is 6.54 Å². The maximum absolute atomic E-state index is 3.56. The van der Waals surface area contributed by atoms with E-state index in [9.17, 15) is 0 Å². The molecule has 0 heterocycles. The van der Waals surface area contributed by atoms with Crippen molar-refractivity contribution >= 4 is 43.6 Å². The minimum atomic E-state index is 0.909. The van der Waals surface area contributed by atoms with Crippen molar-refractivity contribution in [2.45, 2.75) is 29.7 Å².